The van der Waals surface area contributed by atoms with Gasteiger partial charge in [-0.15, -0.1) is 0 Å². The van der Waals surface area contributed by atoms with E-state index >= 15 is 0 Å². The van der Waals surface area contributed by atoms with Crippen LogP contribution in [-0.4, -0.2) is 76.6 Å². The Morgan fingerprint density at radius 1 is 0.968 bits per heavy atom. The summed E-state index contributed by atoms with van der Waals surface area (Å²) in [6, 6.07) is -4.23. The van der Waals surface area contributed by atoms with Crippen molar-refractivity contribution in [1.29, 1.82) is 0 Å². The predicted octanol–water partition coefficient (Wildman–Crippen LogP) is -1.54. The summed E-state index contributed by atoms with van der Waals surface area (Å²) < 4.78 is 0. The third kappa shape index (κ3) is 11.3. The van der Waals surface area contributed by atoms with Crippen molar-refractivity contribution in [2.45, 2.75) is 57.3 Å². The molecule has 4 unspecified atom stereocenters. The van der Waals surface area contributed by atoms with Crippen LogP contribution in [-0.2, 0) is 24.0 Å². The fourth-order valence-corrected chi connectivity index (χ4v) is 3.17. The van der Waals surface area contributed by atoms with Gasteiger partial charge in [-0.1, -0.05) is 13.8 Å². The lowest BCUT2D eigenvalue weighted by atomic mass is 10.0. The molecule has 0 heterocycles. The molecule has 4 atom stereocenters. The number of carbonyl (C=O) groups is 5. The smallest absolute Gasteiger partial charge is 0.326 e. The highest BCUT2D eigenvalue weighted by Crippen LogP contribution is 2.06. The monoisotopic (exact) mass is 479 g/mol. The molecule has 0 bridgehead atoms. The number of hydrogen-bond acceptors (Lipinski definition) is 8. The van der Waals surface area contributed by atoms with Crippen molar-refractivity contribution in [3.05, 3.63) is 0 Å². The molecule has 4 amide bonds. The van der Waals surface area contributed by atoms with E-state index in [0.29, 0.717) is 5.75 Å². The Bertz CT molecular complexity index is 649. The van der Waals surface area contributed by atoms with Crippen molar-refractivity contribution in [2.75, 3.05) is 17.8 Å². The third-order valence-corrected chi connectivity index (χ3v) is 5.34. The average molecular weight is 480 g/mol. The topological polar surface area (TPSA) is 194 Å². The first-order chi connectivity index (χ1) is 14.4. The largest absolute Gasteiger partial charge is 0.480 e. The van der Waals surface area contributed by atoms with E-state index in [2.05, 4.69) is 28.6 Å². The molecule has 31 heavy (non-hydrogen) atoms. The van der Waals surface area contributed by atoms with Gasteiger partial charge >= 0.3 is 5.97 Å². The van der Waals surface area contributed by atoms with E-state index in [1.165, 1.54) is 11.8 Å². The summed E-state index contributed by atoms with van der Waals surface area (Å²) >= 11 is 5.51. The maximum absolute atomic E-state index is 12.7. The summed E-state index contributed by atoms with van der Waals surface area (Å²) in [6.45, 7) is 3.39. The summed E-state index contributed by atoms with van der Waals surface area (Å²) in [6.07, 6.45) is 2.00. The van der Waals surface area contributed by atoms with E-state index in [1.807, 2.05) is 6.26 Å². The average Bonchev–Trinajstić information content (AvgIpc) is 2.70. The molecule has 178 valence electrons. The number of nitrogens with two attached hydrogens (primary N) is 2. The van der Waals surface area contributed by atoms with Gasteiger partial charge in [0.25, 0.3) is 0 Å². The van der Waals surface area contributed by atoms with Gasteiger partial charge in [0, 0.05) is 12.2 Å². The quantitative estimate of drug-likeness (QED) is 0.137. The van der Waals surface area contributed by atoms with Crippen LogP contribution >= 0.6 is 24.4 Å². The second kappa shape index (κ2) is 14.9. The number of thiol groups is 1. The van der Waals surface area contributed by atoms with Crippen LogP contribution in [0.15, 0.2) is 0 Å². The SMILES string of the molecule is CSCCC(NC(=O)C(CS)NC(=O)C(NC(=O)C(N)CCC(N)=O)C(C)C)C(=O)O. The van der Waals surface area contributed by atoms with E-state index in [1.54, 1.807) is 13.8 Å². The van der Waals surface area contributed by atoms with Crippen LogP contribution in [0.2, 0.25) is 0 Å². The van der Waals surface area contributed by atoms with Crippen LogP contribution in [0.4, 0.5) is 0 Å². The van der Waals surface area contributed by atoms with Gasteiger partial charge in [-0.25, -0.2) is 4.79 Å². The van der Waals surface area contributed by atoms with E-state index in [0.717, 1.165) is 0 Å². The lowest BCUT2D eigenvalue weighted by molar-refractivity contribution is -0.142. The molecule has 0 fully saturated rings. The first-order valence-corrected chi connectivity index (χ1v) is 11.7. The zero-order chi connectivity index (χ0) is 24.1. The number of carboxylic acid groups (broad SMARTS) is 1. The van der Waals surface area contributed by atoms with Crippen molar-refractivity contribution < 1.29 is 29.1 Å². The van der Waals surface area contributed by atoms with Gasteiger partial charge in [-0.2, -0.15) is 24.4 Å². The highest BCUT2D eigenvalue weighted by molar-refractivity contribution is 7.98. The molecule has 11 nitrogen and oxygen atoms in total. The van der Waals surface area contributed by atoms with Crippen LogP contribution in [0.5, 0.6) is 0 Å². The maximum Gasteiger partial charge on any atom is 0.326 e. The van der Waals surface area contributed by atoms with Crippen molar-refractivity contribution >= 4 is 54.0 Å². The lowest BCUT2D eigenvalue weighted by Gasteiger charge is -2.26. The minimum Gasteiger partial charge on any atom is -0.480 e. The molecule has 0 aliphatic carbocycles. The molecule has 0 aromatic carbocycles. The Balaban J connectivity index is 5.09. The van der Waals surface area contributed by atoms with Gasteiger partial charge in [0.15, 0.2) is 0 Å². The molecular formula is C18H33N5O6S2. The molecule has 0 saturated carbocycles. The third-order valence-electron chi connectivity index (χ3n) is 4.33. The van der Waals surface area contributed by atoms with Gasteiger partial charge in [-0.3, -0.25) is 19.2 Å². The van der Waals surface area contributed by atoms with Crippen molar-refractivity contribution in [1.82, 2.24) is 16.0 Å². The number of aliphatic carboxylic acids is 1. The second-order valence-electron chi connectivity index (χ2n) is 7.27. The van der Waals surface area contributed by atoms with Gasteiger partial charge in [0.2, 0.25) is 23.6 Å². The molecule has 13 heteroatoms. The van der Waals surface area contributed by atoms with Crippen molar-refractivity contribution in [3.8, 4) is 0 Å². The van der Waals surface area contributed by atoms with E-state index in [4.69, 9.17) is 11.5 Å². The molecular weight excluding hydrogens is 446 g/mol. The molecule has 0 aromatic rings. The molecule has 0 radical (unpaired) electrons. The summed E-state index contributed by atoms with van der Waals surface area (Å²) in [5.74, 6) is -3.63. The molecule has 0 aromatic heterocycles. The van der Waals surface area contributed by atoms with Crippen LogP contribution < -0.4 is 27.4 Å². The fraction of sp³-hybridized carbons (Fsp3) is 0.722. The second-order valence-corrected chi connectivity index (χ2v) is 8.62. The molecule has 8 N–H and O–H groups in total. The number of thioether (sulfide) groups is 1. The van der Waals surface area contributed by atoms with Gasteiger partial charge in [-0.05, 0) is 30.8 Å². The molecule has 0 aliphatic rings. The summed E-state index contributed by atoms with van der Waals surface area (Å²) in [4.78, 5) is 59.6. The van der Waals surface area contributed by atoms with Crippen LogP contribution in [0.3, 0.4) is 0 Å². The minimum absolute atomic E-state index is 0.0297. The first kappa shape index (κ1) is 29.0. The Hall–Kier alpha value is -1.99. The standard InChI is InChI=1S/C18H33N5O6S2/c1-9(2)14(23-15(25)10(19)4-5-13(20)24)17(27)22-12(8-30)16(26)21-11(18(28)29)6-7-31-3/h9-12,14,30H,4-8,19H2,1-3H3,(H2,20,24)(H,21,26)(H,22,27)(H,23,25)(H,28,29). The predicted molar refractivity (Wildman–Crippen MR) is 122 cm³/mol. The first-order valence-electron chi connectivity index (χ1n) is 9.72. The molecule has 0 rings (SSSR count). The van der Waals surface area contributed by atoms with Crippen LogP contribution in [0.1, 0.15) is 33.1 Å². The van der Waals surface area contributed by atoms with Gasteiger partial charge in [0.05, 0.1) is 6.04 Å². The normalized spacial score (nSPS) is 14.8. The number of hydrogen-bond donors (Lipinski definition) is 7. The number of primary amides is 1. The molecule has 0 aliphatic heterocycles. The molecule has 0 spiro atoms. The van der Waals surface area contributed by atoms with Crippen molar-refractivity contribution in [2.24, 2.45) is 17.4 Å². The zero-order valence-corrected chi connectivity index (χ0v) is 19.6. The van der Waals surface area contributed by atoms with Crippen LogP contribution in [0.25, 0.3) is 0 Å². The number of nitrogens with one attached hydrogen (secondary N) is 3. The Labute approximate surface area is 191 Å². The van der Waals surface area contributed by atoms with Crippen molar-refractivity contribution in [3.63, 3.8) is 0 Å². The lowest BCUT2D eigenvalue weighted by Crippen LogP contribution is -2.59. The van der Waals surface area contributed by atoms with E-state index in [-0.39, 0.29) is 30.9 Å². The Morgan fingerprint density at radius 3 is 2.00 bits per heavy atom. The molecule has 0 saturated heterocycles. The summed E-state index contributed by atoms with van der Waals surface area (Å²) in [5.41, 5.74) is 10.8. The zero-order valence-electron chi connectivity index (χ0n) is 17.9. The number of rotatable bonds is 15. The summed E-state index contributed by atoms with van der Waals surface area (Å²) in [7, 11) is 0. The minimum atomic E-state index is -1.18. The maximum atomic E-state index is 12.7. The Kier molecular flexibility index (Phi) is 14.0. The number of carboxylic acids is 1. The summed E-state index contributed by atoms with van der Waals surface area (Å²) in [5, 5.41) is 16.7. The number of carbonyl (C=O) groups excluding carboxylic acids is 4. The highest BCUT2D eigenvalue weighted by atomic mass is 32.2. The van der Waals surface area contributed by atoms with Crippen LogP contribution in [0, 0.1) is 5.92 Å². The van der Waals surface area contributed by atoms with Gasteiger partial charge in [0.1, 0.15) is 18.1 Å². The fourth-order valence-electron chi connectivity index (χ4n) is 2.45. The van der Waals surface area contributed by atoms with Gasteiger partial charge < -0.3 is 32.5 Å². The van der Waals surface area contributed by atoms with E-state index in [9.17, 15) is 29.1 Å². The number of amides is 4. The van der Waals surface area contributed by atoms with E-state index < -0.39 is 53.8 Å². The Morgan fingerprint density at radius 2 is 1.55 bits per heavy atom. The highest BCUT2D eigenvalue weighted by Gasteiger charge is 2.31.